The molecule has 0 aromatic heterocycles. The number of benzene rings is 1. The van der Waals surface area contributed by atoms with E-state index in [9.17, 15) is 19.5 Å². The maximum atomic E-state index is 12.9. The van der Waals surface area contributed by atoms with E-state index in [0.717, 1.165) is 12.8 Å². The quantitative estimate of drug-likeness (QED) is 0.688. The number of hydrogen-bond donors (Lipinski definition) is 3. The van der Waals surface area contributed by atoms with Crippen molar-refractivity contribution in [3.63, 3.8) is 0 Å². The van der Waals surface area contributed by atoms with Gasteiger partial charge in [-0.05, 0) is 43.9 Å². The van der Waals surface area contributed by atoms with Crippen molar-refractivity contribution in [1.82, 2.24) is 4.90 Å². The van der Waals surface area contributed by atoms with Gasteiger partial charge in [-0.3, -0.25) is 19.3 Å². The number of carboxylic acids is 1. The van der Waals surface area contributed by atoms with E-state index in [1.54, 1.807) is 25.1 Å². The van der Waals surface area contributed by atoms with Crippen LogP contribution in [0.5, 0.6) is 5.75 Å². The molecule has 1 aromatic rings. The maximum absolute atomic E-state index is 12.9. The molecule has 1 aliphatic heterocycles. The first-order valence-electron chi connectivity index (χ1n) is 9.51. The van der Waals surface area contributed by atoms with Crippen LogP contribution in [0.15, 0.2) is 18.2 Å². The van der Waals surface area contributed by atoms with Crippen molar-refractivity contribution in [2.75, 3.05) is 30.8 Å². The number of aliphatic carboxylic acids is 1. The van der Waals surface area contributed by atoms with E-state index in [2.05, 4.69) is 10.6 Å². The van der Waals surface area contributed by atoms with Gasteiger partial charge in [-0.15, -0.1) is 0 Å². The second-order valence-corrected chi connectivity index (χ2v) is 7.74. The summed E-state index contributed by atoms with van der Waals surface area (Å²) in [4.78, 5) is 38.0. The van der Waals surface area contributed by atoms with Crippen molar-refractivity contribution in [3.05, 3.63) is 18.2 Å². The van der Waals surface area contributed by atoms with Crippen LogP contribution < -0.4 is 15.4 Å². The molecule has 0 bridgehead atoms. The third-order valence-corrected chi connectivity index (χ3v) is 6.03. The third-order valence-electron chi connectivity index (χ3n) is 6.03. The number of ether oxygens (including phenoxy) is 1. The third kappa shape index (κ3) is 3.69. The summed E-state index contributed by atoms with van der Waals surface area (Å²) in [7, 11) is 1.50. The molecule has 1 saturated carbocycles. The summed E-state index contributed by atoms with van der Waals surface area (Å²) in [6.45, 7) is 4.21. The Kier molecular flexibility index (Phi) is 5.60. The maximum Gasteiger partial charge on any atom is 0.311 e. The van der Waals surface area contributed by atoms with E-state index in [-0.39, 0.29) is 17.7 Å². The van der Waals surface area contributed by atoms with Gasteiger partial charge in [-0.25, -0.2) is 0 Å². The number of nitrogens with zero attached hydrogens (tertiary/aromatic N) is 1. The number of methoxy groups -OCH3 is 1. The number of anilines is 2. The molecule has 2 amide bonds. The van der Waals surface area contributed by atoms with Crippen LogP contribution in [0.25, 0.3) is 0 Å². The van der Waals surface area contributed by atoms with E-state index in [0.29, 0.717) is 36.6 Å². The minimum atomic E-state index is -0.755. The number of hydrogen-bond acceptors (Lipinski definition) is 5. The van der Waals surface area contributed by atoms with Gasteiger partial charge in [0.2, 0.25) is 11.8 Å². The smallest absolute Gasteiger partial charge is 0.311 e. The predicted octanol–water partition coefficient (Wildman–Crippen LogP) is 2.17. The number of carbonyl (C=O) groups excluding carboxylic acids is 2. The second kappa shape index (κ2) is 7.79. The highest BCUT2D eigenvalue weighted by Crippen LogP contribution is 2.49. The average Bonchev–Trinajstić information content (AvgIpc) is 3.19. The van der Waals surface area contributed by atoms with Crippen molar-refractivity contribution < 1.29 is 24.2 Å². The summed E-state index contributed by atoms with van der Waals surface area (Å²) in [6, 6.07) is 4.53. The minimum absolute atomic E-state index is 0.0953. The molecule has 1 unspecified atom stereocenters. The molecule has 2 aliphatic rings. The number of nitrogens with one attached hydrogen (secondary N) is 2. The van der Waals surface area contributed by atoms with Crippen molar-refractivity contribution in [2.45, 2.75) is 39.2 Å². The predicted molar refractivity (Wildman–Crippen MR) is 104 cm³/mol. The molecular weight excluding hydrogens is 362 g/mol. The van der Waals surface area contributed by atoms with Crippen molar-refractivity contribution >= 4 is 29.2 Å². The van der Waals surface area contributed by atoms with Crippen molar-refractivity contribution in [3.8, 4) is 5.75 Å². The molecule has 8 nitrogen and oxygen atoms in total. The Morgan fingerprint density at radius 1 is 1.32 bits per heavy atom. The molecule has 3 atom stereocenters. The lowest BCUT2D eigenvalue weighted by Crippen LogP contribution is -2.43. The van der Waals surface area contributed by atoms with Gasteiger partial charge < -0.3 is 20.5 Å². The molecule has 1 saturated heterocycles. The zero-order valence-corrected chi connectivity index (χ0v) is 16.4. The largest absolute Gasteiger partial charge is 0.495 e. The molecule has 1 aliphatic carbocycles. The van der Waals surface area contributed by atoms with Crippen LogP contribution in [-0.2, 0) is 14.4 Å². The molecule has 152 valence electrons. The van der Waals surface area contributed by atoms with E-state index in [4.69, 9.17) is 4.74 Å². The first-order valence-corrected chi connectivity index (χ1v) is 9.51. The molecule has 1 aromatic carbocycles. The highest BCUT2D eigenvalue weighted by atomic mass is 16.5. The van der Waals surface area contributed by atoms with Crippen LogP contribution >= 0.6 is 0 Å². The number of carboxylic acid groups (broad SMARTS) is 1. The summed E-state index contributed by atoms with van der Waals surface area (Å²) in [5.74, 6) is -0.625. The Bertz CT molecular complexity index is 796. The summed E-state index contributed by atoms with van der Waals surface area (Å²) in [6.07, 6.45) is 2.49. The highest BCUT2D eigenvalue weighted by molar-refractivity contribution is 5.97. The lowest BCUT2D eigenvalue weighted by molar-refractivity contribution is -0.149. The second-order valence-electron chi connectivity index (χ2n) is 7.74. The Hall–Kier alpha value is -2.61. The van der Waals surface area contributed by atoms with Gasteiger partial charge in [-0.2, -0.15) is 0 Å². The van der Waals surface area contributed by atoms with E-state index in [1.165, 1.54) is 14.0 Å². The standard InChI is InChI=1S/C20H27N3O5/c1-12(23-10-14-5-4-8-20(14,11-23)19(26)27)18(25)22-16-9-15(21-13(2)24)6-7-17(16)28-3/h6-7,9,12,14H,4-5,8,10-11H2,1-3H3,(H,21,24)(H,22,25)(H,26,27)/t12?,14-,20+/m0/s1. The van der Waals surface area contributed by atoms with Crippen molar-refractivity contribution in [1.29, 1.82) is 0 Å². The van der Waals surface area contributed by atoms with Gasteiger partial charge in [0, 0.05) is 25.7 Å². The monoisotopic (exact) mass is 389 g/mol. The topological polar surface area (TPSA) is 108 Å². The Morgan fingerprint density at radius 3 is 2.68 bits per heavy atom. The van der Waals surface area contributed by atoms with Gasteiger partial charge in [0.25, 0.3) is 0 Å². The number of fused-ring (bicyclic) bond motifs is 1. The first kappa shape index (κ1) is 20.1. The number of amides is 2. The van der Waals surface area contributed by atoms with Gasteiger partial charge in [0.15, 0.2) is 0 Å². The van der Waals surface area contributed by atoms with Crippen LogP contribution in [0.2, 0.25) is 0 Å². The van der Waals surface area contributed by atoms with Crippen LogP contribution in [0.4, 0.5) is 11.4 Å². The lowest BCUT2D eigenvalue weighted by Gasteiger charge is -2.26. The van der Waals surface area contributed by atoms with E-state index >= 15 is 0 Å². The summed E-state index contributed by atoms with van der Waals surface area (Å²) >= 11 is 0. The summed E-state index contributed by atoms with van der Waals surface area (Å²) in [5.41, 5.74) is 0.284. The zero-order valence-electron chi connectivity index (χ0n) is 16.4. The highest BCUT2D eigenvalue weighted by Gasteiger charge is 2.55. The normalized spacial score (nSPS) is 25.0. The molecule has 28 heavy (non-hydrogen) atoms. The van der Waals surface area contributed by atoms with E-state index < -0.39 is 17.4 Å². The molecule has 3 N–H and O–H groups in total. The Labute approximate surface area is 164 Å². The molecule has 8 heteroatoms. The van der Waals surface area contributed by atoms with Crippen LogP contribution in [0.1, 0.15) is 33.1 Å². The fraction of sp³-hybridized carbons (Fsp3) is 0.550. The fourth-order valence-electron chi connectivity index (χ4n) is 4.46. The van der Waals surface area contributed by atoms with E-state index in [1.807, 2.05) is 4.90 Å². The summed E-state index contributed by atoms with van der Waals surface area (Å²) in [5, 5.41) is 15.3. The van der Waals surface area contributed by atoms with Gasteiger partial charge in [0.1, 0.15) is 5.75 Å². The van der Waals surface area contributed by atoms with Gasteiger partial charge in [0.05, 0.1) is 24.3 Å². The number of likely N-dealkylation sites (tertiary alicyclic amines) is 1. The number of rotatable bonds is 6. The Morgan fingerprint density at radius 2 is 2.07 bits per heavy atom. The van der Waals surface area contributed by atoms with Crippen LogP contribution in [0, 0.1) is 11.3 Å². The summed E-state index contributed by atoms with van der Waals surface area (Å²) < 4.78 is 5.30. The first-order chi connectivity index (χ1) is 13.3. The van der Waals surface area contributed by atoms with Gasteiger partial charge >= 0.3 is 5.97 Å². The van der Waals surface area contributed by atoms with Crippen molar-refractivity contribution in [2.24, 2.45) is 11.3 Å². The lowest BCUT2D eigenvalue weighted by atomic mass is 9.81. The molecular formula is C20H27N3O5. The SMILES string of the molecule is COc1ccc(NC(C)=O)cc1NC(=O)C(C)N1C[C@@H]2CCC[C@@]2(C(=O)O)C1. The van der Waals surface area contributed by atoms with Crippen LogP contribution in [0.3, 0.4) is 0 Å². The molecule has 0 spiro atoms. The van der Waals surface area contributed by atoms with Crippen LogP contribution in [-0.4, -0.2) is 54.0 Å². The zero-order chi connectivity index (χ0) is 20.5. The fourth-order valence-corrected chi connectivity index (χ4v) is 4.46. The molecule has 0 radical (unpaired) electrons. The molecule has 1 heterocycles. The minimum Gasteiger partial charge on any atom is -0.495 e. The molecule has 3 rings (SSSR count). The average molecular weight is 389 g/mol. The molecule has 2 fully saturated rings. The number of carbonyl (C=O) groups is 3. The van der Waals surface area contributed by atoms with Gasteiger partial charge in [-0.1, -0.05) is 6.42 Å². The Balaban J connectivity index is 1.73.